The Morgan fingerprint density at radius 2 is 1.71 bits per heavy atom. The minimum Gasteiger partial charge on any atom is -0.397 e. The second-order valence-corrected chi connectivity index (χ2v) is 8.70. The molecule has 4 unspecified atom stereocenters. The first-order valence-corrected chi connectivity index (χ1v) is 7.77. The summed E-state index contributed by atoms with van der Waals surface area (Å²) in [7, 11) is 1.91. The van der Waals surface area contributed by atoms with E-state index in [1.807, 2.05) is 14.2 Å². The van der Waals surface area contributed by atoms with Gasteiger partial charge in [0.15, 0.2) is 0 Å². The predicted molar refractivity (Wildman–Crippen MR) is 59.5 cm³/mol. The topological polar surface area (TPSA) is 18.5 Å². The summed E-state index contributed by atoms with van der Waals surface area (Å²) in [5.74, 6) is 1.74. The molecule has 3 heteroatoms. The summed E-state index contributed by atoms with van der Waals surface area (Å²) in [6.07, 6.45) is 3.99. The van der Waals surface area contributed by atoms with Crippen LogP contribution in [0.1, 0.15) is 33.1 Å². The molecule has 2 nitrogen and oxygen atoms in total. The van der Waals surface area contributed by atoms with Crippen molar-refractivity contribution >= 4 is 8.56 Å². The molecule has 0 radical (unpaired) electrons. The van der Waals surface area contributed by atoms with E-state index >= 15 is 0 Å². The molecule has 0 aromatic heterocycles. The van der Waals surface area contributed by atoms with E-state index in [-0.39, 0.29) is 0 Å². The van der Waals surface area contributed by atoms with Gasteiger partial charge in [0, 0.05) is 25.3 Å². The van der Waals surface area contributed by atoms with Crippen LogP contribution in [-0.2, 0) is 8.85 Å². The average Bonchev–Trinajstić information content (AvgIpc) is 3.07. The fourth-order valence-electron chi connectivity index (χ4n) is 3.04. The standard InChI is InChI=1S/C11H22O2Si/c1-5-9-7-11(9)14(12-3,13-4)10-6-8(10)2/h8-11H,5-7H2,1-4H3. The molecular formula is C11H22O2Si. The number of rotatable bonds is 5. The van der Waals surface area contributed by atoms with Gasteiger partial charge in [-0.25, -0.2) is 0 Å². The van der Waals surface area contributed by atoms with Crippen LogP contribution >= 0.6 is 0 Å². The quantitative estimate of drug-likeness (QED) is 0.655. The van der Waals surface area contributed by atoms with E-state index in [0.29, 0.717) is 0 Å². The lowest BCUT2D eigenvalue weighted by Gasteiger charge is -2.28. The first-order valence-electron chi connectivity index (χ1n) is 5.79. The summed E-state index contributed by atoms with van der Waals surface area (Å²) in [5, 5.41) is 0. The third-order valence-corrected chi connectivity index (χ3v) is 9.08. The molecule has 0 amide bonds. The van der Waals surface area contributed by atoms with Crippen LogP contribution in [0.25, 0.3) is 0 Å². The van der Waals surface area contributed by atoms with Crippen LogP contribution in [0.15, 0.2) is 0 Å². The maximum absolute atomic E-state index is 5.85. The largest absolute Gasteiger partial charge is 0.397 e. The molecule has 14 heavy (non-hydrogen) atoms. The molecule has 2 rings (SSSR count). The lowest BCUT2D eigenvalue weighted by Crippen LogP contribution is -2.42. The summed E-state index contributed by atoms with van der Waals surface area (Å²) >= 11 is 0. The van der Waals surface area contributed by atoms with Gasteiger partial charge in [0.1, 0.15) is 0 Å². The van der Waals surface area contributed by atoms with E-state index in [0.717, 1.165) is 22.9 Å². The Morgan fingerprint density at radius 1 is 1.14 bits per heavy atom. The molecule has 0 bridgehead atoms. The Labute approximate surface area is 88.2 Å². The van der Waals surface area contributed by atoms with E-state index in [9.17, 15) is 0 Å². The van der Waals surface area contributed by atoms with Gasteiger partial charge in [-0.05, 0) is 24.7 Å². The normalized spacial score (nSPS) is 41.1. The molecule has 2 saturated carbocycles. The van der Waals surface area contributed by atoms with Crippen molar-refractivity contribution in [3.8, 4) is 0 Å². The molecule has 0 heterocycles. The van der Waals surface area contributed by atoms with Gasteiger partial charge in [0.2, 0.25) is 0 Å². The molecule has 2 aliphatic carbocycles. The number of hydrogen-bond acceptors (Lipinski definition) is 2. The highest BCUT2D eigenvalue weighted by molar-refractivity contribution is 6.72. The zero-order chi connectivity index (χ0) is 10.3. The summed E-state index contributed by atoms with van der Waals surface area (Å²) in [5.41, 5.74) is 1.57. The van der Waals surface area contributed by atoms with E-state index < -0.39 is 8.56 Å². The average molecular weight is 214 g/mol. The Morgan fingerprint density at radius 3 is 2.00 bits per heavy atom. The fourth-order valence-corrected chi connectivity index (χ4v) is 7.98. The van der Waals surface area contributed by atoms with Crippen LogP contribution < -0.4 is 0 Å². The summed E-state index contributed by atoms with van der Waals surface area (Å²) in [4.78, 5) is 0. The molecule has 0 spiro atoms. The zero-order valence-corrected chi connectivity index (χ0v) is 10.7. The Hall–Kier alpha value is 0.137. The third-order valence-electron chi connectivity index (χ3n) is 4.23. The molecule has 0 aromatic carbocycles. The minimum absolute atomic E-state index is 0.777. The van der Waals surface area contributed by atoms with Crippen LogP contribution in [0.5, 0.6) is 0 Å². The Kier molecular flexibility index (Phi) is 2.75. The molecule has 2 aliphatic rings. The third kappa shape index (κ3) is 1.46. The van der Waals surface area contributed by atoms with Crippen molar-refractivity contribution < 1.29 is 8.85 Å². The van der Waals surface area contributed by atoms with Crippen molar-refractivity contribution in [3.05, 3.63) is 0 Å². The van der Waals surface area contributed by atoms with Gasteiger partial charge in [-0.15, -0.1) is 0 Å². The molecule has 82 valence electrons. The van der Waals surface area contributed by atoms with Crippen molar-refractivity contribution in [1.29, 1.82) is 0 Å². The highest BCUT2D eigenvalue weighted by Crippen LogP contribution is 2.64. The van der Waals surface area contributed by atoms with Crippen LogP contribution in [0.2, 0.25) is 11.1 Å². The lowest BCUT2D eigenvalue weighted by molar-refractivity contribution is 0.234. The monoisotopic (exact) mass is 214 g/mol. The van der Waals surface area contributed by atoms with Gasteiger partial charge < -0.3 is 8.85 Å². The van der Waals surface area contributed by atoms with Crippen LogP contribution in [-0.4, -0.2) is 22.8 Å². The first kappa shape index (κ1) is 10.6. The highest BCUT2D eigenvalue weighted by atomic mass is 28.4. The number of hydrogen-bond donors (Lipinski definition) is 0. The highest BCUT2D eigenvalue weighted by Gasteiger charge is 2.65. The van der Waals surface area contributed by atoms with Crippen molar-refractivity contribution in [2.45, 2.75) is 44.2 Å². The van der Waals surface area contributed by atoms with Crippen molar-refractivity contribution in [2.75, 3.05) is 14.2 Å². The molecule has 0 aliphatic heterocycles. The molecule has 0 aromatic rings. The Bertz CT molecular complexity index is 215. The van der Waals surface area contributed by atoms with Gasteiger partial charge in [-0.1, -0.05) is 20.3 Å². The van der Waals surface area contributed by atoms with Crippen molar-refractivity contribution in [3.63, 3.8) is 0 Å². The van der Waals surface area contributed by atoms with Gasteiger partial charge >= 0.3 is 8.56 Å². The molecule has 0 saturated heterocycles. The van der Waals surface area contributed by atoms with Gasteiger partial charge in [0.25, 0.3) is 0 Å². The van der Waals surface area contributed by atoms with Gasteiger partial charge in [-0.3, -0.25) is 0 Å². The molecular weight excluding hydrogens is 192 g/mol. The smallest absolute Gasteiger partial charge is 0.344 e. The zero-order valence-electron chi connectivity index (χ0n) is 9.75. The van der Waals surface area contributed by atoms with Crippen LogP contribution in [0.4, 0.5) is 0 Å². The van der Waals surface area contributed by atoms with E-state index in [2.05, 4.69) is 13.8 Å². The fraction of sp³-hybridized carbons (Fsp3) is 1.00. The molecule has 4 atom stereocenters. The van der Waals surface area contributed by atoms with Gasteiger partial charge in [0.05, 0.1) is 0 Å². The molecule has 0 N–H and O–H groups in total. The van der Waals surface area contributed by atoms with E-state index in [1.165, 1.54) is 19.3 Å². The minimum atomic E-state index is -1.82. The van der Waals surface area contributed by atoms with E-state index in [4.69, 9.17) is 8.85 Å². The second-order valence-electron chi connectivity index (χ2n) is 4.96. The maximum Gasteiger partial charge on any atom is 0.344 e. The van der Waals surface area contributed by atoms with E-state index in [1.54, 1.807) is 0 Å². The Balaban J connectivity index is 2.06. The summed E-state index contributed by atoms with van der Waals surface area (Å²) in [6, 6.07) is 0. The predicted octanol–water partition coefficient (Wildman–Crippen LogP) is 2.93. The molecule has 2 fully saturated rings. The van der Waals surface area contributed by atoms with Crippen molar-refractivity contribution in [1.82, 2.24) is 0 Å². The summed E-state index contributed by atoms with van der Waals surface area (Å²) < 4.78 is 11.7. The van der Waals surface area contributed by atoms with Crippen LogP contribution in [0.3, 0.4) is 0 Å². The van der Waals surface area contributed by atoms with Crippen molar-refractivity contribution in [2.24, 2.45) is 11.8 Å². The maximum atomic E-state index is 5.85. The lowest BCUT2D eigenvalue weighted by atomic mass is 10.3. The van der Waals surface area contributed by atoms with Gasteiger partial charge in [-0.2, -0.15) is 0 Å². The van der Waals surface area contributed by atoms with Crippen LogP contribution in [0, 0.1) is 11.8 Å². The SMILES string of the molecule is CCC1CC1[Si](OC)(OC)C1CC1C. The summed E-state index contributed by atoms with van der Waals surface area (Å²) in [6.45, 7) is 4.61. The first-order chi connectivity index (χ1) is 6.69. The second kappa shape index (κ2) is 3.61.